The van der Waals surface area contributed by atoms with Gasteiger partial charge in [-0.25, -0.2) is 4.98 Å². The van der Waals surface area contributed by atoms with E-state index in [9.17, 15) is 0 Å². The van der Waals surface area contributed by atoms with Crippen LogP contribution in [-0.4, -0.2) is 4.98 Å². The van der Waals surface area contributed by atoms with E-state index in [1.54, 1.807) is 12.1 Å². The standard InChI is InChI=1S/C13H6BrCl2NO/c14-8-2-4-12-11(6-8)17-13(18-12)7-1-3-9(15)10(16)5-7/h1-6H. The van der Waals surface area contributed by atoms with Crippen molar-refractivity contribution in [1.29, 1.82) is 0 Å². The summed E-state index contributed by atoms with van der Waals surface area (Å²) in [6, 6.07) is 11.0. The molecule has 0 radical (unpaired) electrons. The van der Waals surface area contributed by atoms with E-state index in [1.165, 1.54) is 0 Å². The van der Waals surface area contributed by atoms with Crippen molar-refractivity contribution in [3.63, 3.8) is 0 Å². The van der Waals surface area contributed by atoms with Crippen molar-refractivity contribution in [2.45, 2.75) is 0 Å². The fraction of sp³-hybridized carbons (Fsp3) is 0. The Labute approximate surface area is 122 Å². The summed E-state index contributed by atoms with van der Waals surface area (Å²) in [4.78, 5) is 4.42. The molecule has 0 atom stereocenters. The summed E-state index contributed by atoms with van der Waals surface area (Å²) < 4.78 is 6.63. The topological polar surface area (TPSA) is 26.0 Å². The van der Waals surface area contributed by atoms with Crippen molar-refractivity contribution in [2.75, 3.05) is 0 Å². The molecule has 1 aromatic heterocycles. The Morgan fingerprint density at radius 3 is 2.61 bits per heavy atom. The maximum absolute atomic E-state index is 5.98. The molecule has 0 amide bonds. The van der Waals surface area contributed by atoms with Gasteiger partial charge in [0, 0.05) is 10.0 Å². The van der Waals surface area contributed by atoms with Crippen molar-refractivity contribution in [3.8, 4) is 11.5 Å². The molecule has 0 saturated heterocycles. The smallest absolute Gasteiger partial charge is 0.227 e. The second-order valence-corrected chi connectivity index (χ2v) is 5.49. The molecule has 3 rings (SSSR count). The molecule has 0 saturated carbocycles. The lowest BCUT2D eigenvalue weighted by atomic mass is 10.2. The van der Waals surface area contributed by atoms with Crippen molar-refractivity contribution >= 4 is 50.2 Å². The van der Waals surface area contributed by atoms with E-state index in [2.05, 4.69) is 20.9 Å². The molecule has 18 heavy (non-hydrogen) atoms. The van der Waals surface area contributed by atoms with Gasteiger partial charge < -0.3 is 4.42 Å². The first kappa shape index (κ1) is 12.0. The van der Waals surface area contributed by atoms with E-state index in [4.69, 9.17) is 27.6 Å². The van der Waals surface area contributed by atoms with Crippen LogP contribution in [0, 0.1) is 0 Å². The highest BCUT2D eigenvalue weighted by atomic mass is 79.9. The van der Waals surface area contributed by atoms with Crippen LogP contribution in [0.1, 0.15) is 0 Å². The van der Waals surface area contributed by atoms with E-state index in [0.29, 0.717) is 15.9 Å². The Morgan fingerprint density at radius 1 is 1.00 bits per heavy atom. The molecule has 2 nitrogen and oxygen atoms in total. The maximum atomic E-state index is 5.98. The summed E-state index contributed by atoms with van der Waals surface area (Å²) in [6.07, 6.45) is 0. The predicted molar refractivity (Wildman–Crippen MR) is 77.2 cm³/mol. The fourth-order valence-corrected chi connectivity index (χ4v) is 2.30. The van der Waals surface area contributed by atoms with Gasteiger partial charge in [0.1, 0.15) is 5.52 Å². The van der Waals surface area contributed by atoms with Crippen LogP contribution < -0.4 is 0 Å². The van der Waals surface area contributed by atoms with Crippen molar-refractivity contribution < 1.29 is 4.42 Å². The van der Waals surface area contributed by atoms with Gasteiger partial charge in [0.05, 0.1) is 10.0 Å². The van der Waals surface area contributed by atoms with Gasteiger partial charge in [0.15, 0.2) is 5.58 Å². The second kappa shape index (κ2) is 4.57. The van der Waals surface area contributed by atoms with E-state index in [-0.39, 0.29) is 0 Å². The molecule has 0 aliphatic rings. The van der Waals surface area contributed by atoms with E-state index < -0.39 is 0 Å². The SMILES string of the molecule is Clc1ccc(-c2nc3cc(Br)ccc3o2)cc1Cl. The zero-order chi connectivity index (χ0) is 12.7. The average Bonchev–Trinajstić information content (AvgIpc) is 2.75. The minimum Gasteiger partial charge on any atom is -0.436 e. The Kier molecular flexibility index (Phi) is 3.06. The van der Waals surface area contributed by atoms with Gasteiger partial charge in [-0.2, -0.15) is 0 Å². The Balaban J connectivity index is 2.16. The lowest BCUT2D eigenvalue weighted by Gasteiger charge is -1.97. The zero-order valence-corrected chi connectivity index (χ0v) is 12.1. The van der Waals surface area contributed by atoms with Crippen LogP contribution in [0.15, 0.2) is 45.3 Å². The largest absolute Gasteiger partial charge is 0.436 e. The Bertz CT molecular complexity index is 739. The third kappa shape index (κ3) is 2.14. The number of benzene rings is 2. The number of fused-ring (bicyclic) bond motifs is 1. The minimum absolute atomic E-state index is 0.484. The molecule has 0 aliphatic heterocycles. The Morgan fingerprint density at radius 2 is 1.83 bits per heavy atom. The number of hydrogen-bond acceptors (Lipinski definition) is 2. The third-order valence-electron chi connectivity index (χ3n) is 2.52. The average molecular weight is 343 g/mol. The van der Waals surface area contributed by atoms with Crippen LogP contribution in [0.25, 0.3) is 22.6 Å². The number of halogens is 3. The van der Waals surface area contributed by atoms with Gasteiger partial charge in [0.2, 0.25) is 5.89 Å². The number of aromatic nitrogens is 1. The molecule has 5 heteroatoms. The van der Waals surface area contributed by atoms with Gasteiger partial charge in [-0.15, -0.1) is 0 Å². The molecular weight excluding hydrogens is 337 g/mol. The molecule has 90 valence electrons. The molecule has 0 spiro atoms. The van der Waals surface area contributed by atoms with Gasteiger partial charge in [-0.1, -0.05) is 39.1 Å². The monoisotopic (exact) mass is 341 g/mol. The van der Waals surface area contributed by atoms with E-state index in [1.807, 2.05) is 24.3 Å². The summed E-state index contributed by atoms with van der Waals surface area (Å²) in [6.45, 7) is 0. The molecule has 0 N–H and O–H groups in total. The summed E-state index contributed by atoms with van der Waals surface area (Å²) in [7, 11) is 0. The van der Waals surface area contributed by atoms with Crippen LogP contribution in [0.5, 0.6) is 0 Å². The number of rotatable bonds is 1. The highest BCUT2D eigenvalue weighted by molar-refractivity contribution is 9.10. The Hall–Kier alpha value is -1.03. The molecule has 2 aromatic carbocycles. The van der Waals surface area contributed by atoms with Gasteiger partial charge in [-0.3, -0.25) is 0 Å². The quantitative estimate of drug-likeness (QED) is 0.578. The van der Waals surface area contributed by atoms with Crippen LogP contribution >= 0.6 is 39.1 Å². The molecule has 0 aliphatic carbocycles. The second-order valence-electron chi connectivity index (χ2n) is 3.76. The van der Waals surface area contributed by atoms with Crippen LogP contribution in [-0.2, 0) is 0 Å². The highest BCUT2D eigenvalue weighted by Gasteiger charge is 2.10. The van der Waals surface area contributed by atoms with Gasteiger partial charge >= 0.3 is 0 Å². The van der Waals surface area contributed by atoms with Crippen molar-refractivity contribution in [3.05, 3.63) is 50.9 Å². The third-order valence-corrected chi connectivity index (χ3v) is 3.75. The molecule has 0 fully saturated rings. The predicted octanol–water partition coefficient (Wildman–Crippen LogP) is 5.56. The first-order chi connectivity index (χ1) is 8.63. The highest BCUT2D eigenvalue weighted by Crippen LogP contribution is 2.30. The summed E-state index contributed by atoms with van der Waals surface area (Å²) >= 11 is 15.3. The van der Waals surface area contributed by atoms with Crippen molar-refractivity contribution in [2.24, 2.45) is 0 Å². The van der Waals surface area contributed by atoms with Crippen LogP contribution in [0.4, 0.5) is 0 Å². The molecule has 1 heterocycles. The zero-order valence-electron chi connectivity index (χ0n) is 8.95. The molecule has 0 unspecified atom stereocenters. The maximum Gasteiger partial charge on any atom is 0.227 e. The minimum atomic E-state index is 0.484. The first-order valence-corrected chi connectivity index (χ1v) is 6.70. The lowest BCUT2D eigenvalue weighted by Crippen LogP contribution is -1.77. The van der Waals surface area contributed by atoms with E-state index >= 15 is 0 Å². The normalized spacial score (nSPS) is 11.1. The fourth-order valence-electron chi connectivity index (χ4n) is 1.65. The number of hydrogen-bond donors (Lipinski definition) is 0. The molecule has 3 aromatic rings. The van der Waals surface area contributed by atoms with Gasteiger partial charge in [0.25, 0.3) is 0 Å². The number of oxazole rings is 1. The first-order valence-electron chi connectivity index (χ1n) is 5.15. The lowest BCUT2D eigenvalue weighted by molar-refractivity contribution is 0.620. The summed E-state index contributed by atoms with van der Waals surface area (Å²) in [5.41, 5.74) is 2.33. The number of nitrogens with zero attached hydrogens (tertiary/aromatic N) is 1. The van der Waals surface area contributed by atoms with Crippen molar-refractivity contribution in [1.82, 2.24) is 4.98 Å². The van der Waals surface area contributed by atoms with Gasteiger partial charge in [-0.05, 0) is 36.4 Å². The van der Waals surface area contributed by atoms with Crippen LogP contribution in [0.3, 0.4) is 0 Å². The van der Waals surface area contributed by atoms with E-state index in [0.717, 1.165) is 21.1 Å². The molecule has 0 bridgehead atoms. The summed E-state index contributed by atoms with van der Waals surface area (Å²) in [5.74, 6) is 0.529. The summed E-state index contributed by atoms with van der Waals surface area (Å²) in [5, 5.41) is 0.997. The van der Waals surface area contributed by atoms with Crippen LogP contribution in [0.2, 0.25) is 10.0 Å². The molecular formula is C13H6BrCl2NO.